The summed E-state index contributed by atoms with van der Waals surface area (Å²) in [5.74, 6) is -4.11. The number of alkyl carbamates (subject to hydrolysis) is 1. The topological polar surface area (TPSA) is 254 Å². The lowest BCUT2D eigenvalue weighted by Gasteiger charge is -2.31. The number of benzene rings is 3. The first-order chi connectivity index (χ1) is 31.4. The molecule has 0 aromatic heterocycles. The van der Waals surface area contributed by atoms with E-state index < -0.39 is 66.6 Å². The van der Waals surface area contributed by atoms with Crippen molar-refractivity contribution in [3.05, 3.63) is 89.0 Å². The van der Waals surface area contributed by atoms with Gasteiger partial charge in [-0.05, 0) is 59.3 Å². The molecule has 19 heteroatoms. The number of ether oxygens (including phenoxy) is 2. The van der Waals surface area contributed by atoms with Crippen LogP contribution in [0, 0.1) is 5.41 Å². The number of nitrogens with one attached hydrogen (secondary N) is 8. The van der Waals surface area contributed by atoms with Crippen LogP contribution in [0.5, 0.6) is 5.75 Å². The molecular weight excluding hydrogens is 839 g/mol. The molecule has 1 saturated heterocycles. The van der Waals surface area contributed by atoms with Gasteiger partial charge in [-0.15, -0.1) is 0 Å². The number of carbonyl (C=O) groups is 8. The zero-order chi connectivity index (χ0) is 46.2. The fourth-order valence-electron chi connectivity index (χ4n) is 7.92. The van der Waals surface area contributed by atoms with E-state index >= 15 is 0 Å². The molecule has 8 N–H and O–H groups in total. The van der Waals surface area contributed by atoms with Gasteiger partial charge < -0.3 is 56.9 Å². The van der Waals surface area contributed by atoms with E-state index in [2.05, 4.69) is 60.5 Å². The number of carbonyl (C=O) groups excluding carboxylic acids is 8. The maximum atomic E-state index is 14.1. The lowest BCUT2D eigenvalue weighted by Crippen LogP contribution is -2.62. The minimum Gasteiger partial charge on any atom is -0.493 e. The summed E-state index contributed by atoms with van der Waals surface area (Å²) in [6.45, 7) is -0.267. The van der Waals surface area contributed by atoms with Crippen molar-refractivity contribution in [3.8, 4) is 16.9 Å². The Bertz CT molecular complexity index is 2210. The van der Waals surface area contributed by atoms with Gasteiger partial charge in [-0.1, -0.05) is 60.7 Å². The Hall–Kier alpha value is -7.02. The molecule has 1 atom stereocenters. The number of nitrogens with zero attached hydrogens (tertiary/aromatic N) is 1. The summed E-state index contributed by atoms with van der Waals surface area (Å²) >= 11 is 0. The number of amides is 8. The monoisotopic (exact) mass is 895 g/mol. The fraction of sp³-hybridized carbons (Fsp3) is 0.435. The Labute approximate surface area is 376 Å². The first-order valence-corrected chi connectivity index (χ1v) is 21.8. The molecule has 19 nitrogen and oxygen atoms in total. The van der Waals surface area contributed by atoms with Crippen LogP contribution in [0.2, 0.25) is 0 Å². The predicted molar refractivity (Wildman–Crippen MR) is 237 cm³/mol. The lowest BCUT2D eigenvalue weighted by atomic mass is 9.84. The van der Waals surface area contributed by atoms with Crippen molar-refractivity contribution in [1.82, 2.24) is 47.4 Å². The van der Waals surface area contributed by atoms with Crippen LogP contribution < -0.4 is 47.3 Å². The van der Waals surface area contributed by atoms with Gasteiger partial charge in [0.25, 0.3) is 0 Å². The summed E-state index contributed by atoms with van der Waals surface area (Å²) in [5, 5.41) is 20.3. The number of rotatable bonds is 15. The van der Waals surface area contributed by atoms with Crippen LogP contribution in [0.4, 0.5) is 4.79 Å². The van der Waals surface area contributed by atoms with Crippen molar-refractivity contribution in [3.63, 3.8) is 0 Å². The van der Waals surface area contributed by atoms with Crippen LogP contribution in [0.15, 0.2) is 66.7 Å². The van der Waals surface area contributed by atoms with Crippen molar-refractivity contribution < 1.29 is 47.8 Å². The first-order valence-electron chi connectivity index (χ1n) is 21.8. The van der Waals surface area contributed by atoms with E-state index in [0.29, 0.717) is 19.6 Å². The second kappa shape index (κ2) is 23.1. The van der Waals surface area contributed by atoms with E-state index in [-0.39, 0.29) is 63.9 Å². The highest BCUT2D eigenvalue weighted by Crippen LogP contribution is 2.44. The molecule has 0 radical (unpaired) electrons. The Balaban J connectivity index is 1.03. The summed E-state index contributed by atoms with van der Waals surface area (Å²) in [5.41, 5.74) is 4.35. The van der Waals surface area contributed by atoms with Gasteiger partial charge in [0.15, 0.2) is 5.41 Å². The molecule has 2 aliphatic heterocycles. The summed E-state index contributed by atoms with van der Waals surface area (Å²) in [4.78, 5) is 107. The third kappa shape index (κ3) is 13.0. The van der Waals surface area contributed by atoms with Gasteiger partial charge in [-0.3, -0.25) is 33.6 Å². The van der Waals surface area contributed by atoms with Crippen molar-refractivity contribution in [2.75, 3.05) is 79.2 Å². The van der Waals surface area contributed by atoms with Crippen molar-refractivity contribution in [1.29, 1.82) is 0 Å². The number of hydrogen-bond donors (Lipinski definition) is 8. The molecule has 0 spiro atoms. The van der Waals surface area contributed by atoms with Crippen LogP contribution >= 0.6 is 0 Å². The fourth-order valence-corrected chi connectivity index (χ4v) is 7.92. The molecule has 0 bridgehead atoms. The molecule has 3 aliphatic rings. The minimum atomic E-state index is -2.20. The van der Waals surface area contributed by atoms with Crippen molar-refractivity contribution in [2.24, 2.45) is 5.41 Å². The normalized spacial score (nSPS) is 18.0. The molecule has 346 valence electrons. The molecular formula is C46H57N9O10. The van der Waals surface area contributed by atoms with Gasteiger partial charge >= 0.3 is 6.09 Å². The number of fused-ring (bicyclic) bond motifs is 4. The smallest absolute Gasteiger partial charge is 0.407 e. The SMILES string of the molecule is CN1CCc2c(cccc2OCCCNC(=O)CCNC(=O)C2(CNC(=O)CNC(=O)OCC3c4ccccc4-c4ccccc43)CNC(=O)CCNC(=O)CNC(=O)CCNC2=O)C1. The highest BCUT2D eigenvalue weighted by molar-refractivity contribution is 6.06. The van der Waals surface area contributed by atoms with Gasteiger partial charge in [-0.2, -0.15) is 0 Å². The molecule has 1 fully saturated rings. The Morgan fingerprint density at radius 1 is 0.738 bits per heavy atom. The molecule has 1 aliphatic carbocycles. The van der Waals surface area contributed by atoms with E-state index in [4.69, 9.17) is 9.47 Å². The van der Waals surface area contributed by atoms with E-state index in [1.165, 1.54) is 11.1 Å². The summed E-state index contributed by atoms with van der Waals surface area (Å²) in [6, 6.07) is 21.7. The quantitative estimate of drug-likeness (QED) is 0.0743. The molecule has 0 saturated carbocycles. The largest absolute Gasteiger partial charge is 0.493 e. The number of likely N-dealkylation sites (N-methyl/N-ethyl adjacent to an activating group) is 1. The minimum absolute atomic E-state index is 0.00675. The maximum Gasteiger partial charge on any atom is 0.407 e. The Morgan fingerprint density at radius 2 is 1.45 bits per heavy atom. The molecule has 2 heterocycles. The van der Waals surface area contributed by atoms with E-state index in [1.54, 1.807) is 0 Å². The molecule has 8 amide bonds. The molecule has 3 aromatic carbocycles. The molecule has 1 unspecified atom stereocenters. The average Bonchev–Trinajstić information content (AvgIpc) is 3.62. The zero-order valence-corrected chi connectivity index (χ0v) is 36.5. The molecule has 65 heavy (non-hydrogen) atoms. The zero-order valence-electron chi connectivity index (χ0n) is 36.5. The second-order valence-corrected chi connectivity index (χ2v) is 16.1. The van der Waals surface area contributed by atoms with Crippen molar-refractivity contribution >= 4 is 47.4 Å². The maximum absolute atomic E-state index is 14.1. The van der Waals surface area contributed by atoms with Gasteiger partial charge in [0.1, 0.15) is 12.4 Å². The first kappa shape index (κ1) is 47.5. The van der Waals surface area contributed by atoms with E-state index in [0.717, 1.165) is 47.5 Å². The standard InChI is InChI=1S/C46H57N9O10/c1-55-22-17-31-30(26-55)8-6-13-37(31)64-23-7-18-47-38(56)15-20-49-43(61)46(28-53-40(58)14-19-48-41(59)24-51-39(57)16-21-50-44(46)62)29-54-42(60)25-52-45(63)65-27-36-34-11-4-2-9-32(34)33-10-3-5-12-35(33)36/h2-6,8-13,36H,7,14-29H2,1H3,(H,47,56)(H,48,59)(H,49,61)(H,50,62)(H,51,57)(H,52,63)(H,53,58)(H,54,60). The molecule has 6 rings (SSSR count). The van der Waals surface area contributed by atoms with Gasteiger partial charge in [0.05, 0.1) is 19.7 Å². The third-order valence-electron chi connectivity index (χ3n) is 11.5. The predicted octanol–water partition coefficient (Wildman–Crippen LogP) is -0.0342. The lowest BCUT2D eigenvalue weighted by molar-refractivity contribution is -0.143. The van der Waals surface area contributed by atoms with Crippen molar-refractivity contribution in [2.45, 2.75) is 44.6 Å². The van der Waals surface area contributed by atoms with E-state index in [9.17, 15) is 38.4 Å². The van der Waals surface area contributed by atoms with Crippen LogP contribution in [-0.2, 0) is 51.3 Å². The van der Waals surface area contributed by atoms with Gasteiger partial charge in [-0.25, -0.2) is 4.79 Å². The van der Waals surface area contributed by atoms with E-state index in [1.807, 2.05) is 60.7 Å². The van der Waals surface area contributed by atoms with Gasteiger partial charge in [0, 0.05) is 77.5 Å². The third-order valence-corrected chi connectivity index (χ3v) is 11.5. The highest BCUT2D eigenvalue weighted by Gasteiger charge is 2.46. The highest BCUT2D eigenvalue weighted by atomic mass is 16.5. The average molecular weight is 896 g/mol. The van der Waals surface area contributed by atoms with Gasteiger partial charge in [0.2, 0.25) is 41.4 Å². The van der Waals surface area contributed by atoms with Crippen LogP contribution in [-0.4, -0.2) is 132 Å². The van der Waals surface area contributed by atoms with Crippen LogP contribution in [0.3, 0.4) is 0 Å². The Kier molecular flexibility index (Phi) is 16.8. The van der Waals surface area contributed by atoms with Crippen LogP contribution in [0.1, 0.15) is 53.9 Å². The second-order valence-electron chi connectivity index (χ2n) is 16.1. The summed E-state index contributed by atoms with van der Waals surface area (Å²) in [7, 11) is 2.08. The summed E-state index contributed by atoms with van der Waals surface area (Å²) < 4.78 is 11.6. The Morgan fingerprint density at radius 3 is 2.20 bits per heavy atom. The molecule has 3 aromatic rings. The summed E-state index contributed by atoms with van der Waals surface area (Å²) in [6.07, 6.45) is -0.0900. The number of hydrogen-bond acceptors (Lipinski definition) is 11. The van der Waals surface area contributed by atoms with Crippen LogP contribution in [0.25, 0.3) is 11.1 Å².